The molecule has 0 saturated heterocycles. The number of phenols is 1. The summed E-state index contributed by atoms with van der Waals surface area (Å²) >= 11 is 0. The number of benzene rings is 2. The van der Waals surface area contributed by atoms with Gasteiger partial charge in [0, 0.05) is 29.5 Å². The predicted octanol–water partition coefficient (Wildman–Crippen LogP) is 3.37. The normalized spacial score (nSPS) is 10.8. The topological polar surface area (TPSA) is 88.8 Å². The molecule has 6 heteroatoms. The van der Waals surface area contributed by atoms with E-state index in [9.17, 15) is 14.7 Å². The highest BCUT2D eigenvalue weighted by atomic mass is 16.5. The van der Waals surface area contributed by atoms with E-state index in [2.05, 4.69) is 5.32 Å². The lowest BCUT2D eigenvalue weighted by Crippen LogP contribution is -2.24. The Morgan fingerprint density at radius 3 is 2.50 bits per heavy atom. The first-order chi connectivity index (χ1) is 13.4. The van der Waals surface area contributed by atoms with E-state index in [1.54, 1.807) is 26.2 Å². The van der Waals surface area contributed by atoms with Crippen LogP contribution in [0.2, 0.25) is 0 Å². The number of aromatic hydroxyl groups is 1. The largest absolute Gasteiger partial charge is 0.508 e. The molecule has 1 aromatic heterocycles. The molecular formula is C22H23NO5. The number of methoxy groups -OCH3 is 1. The van der Waals surface area contributed by atoms with Crippen LogP contribution in [0.15, 0.2) is 45.6 Å². The molecule has 0 fully saturated rings. The average Bonchev–Trinajstić information content (AvgIpc) is 2.69. The first kappa shape index (κ1) is 19.5. The van der Waals surface area contributed by atoms with Gasteiger partial charge in [-0.2, -0.15) is 0 Å². The van der Waals surface area contributed by atoms with Crippen molar-refractivity contribution in [3.63, 3.8) is 0 Å². The highest BCUT2D eigenvalue weighted by molar-refractivity contribution is 5.85. The SMILES string of the molecule is COc1ccc(CNC(=O)CCc2c(C)c3ccc(O)c(C)c3oc2=O)cc1. The van der Waals surface area contributed by atoms with E-state index in [4.69, 9.17) is 9.15 Å². The van der Waals surface area contributed by atoms with Crippen molar-refractivity contribution in [3.05, 3.63) is 69.1 Å². The first-order valence-electron chi connectivity index (χ1n) is 9.05. The molecule has 3 aromatic rings. The van der Waals surface area contributed by atoms with Gasteiger partial charge in [-0.3, -0.25) is 4.79 Å². The summed E-state index contributed by atoms with van der Waals surface area (Å²) in [7, 11) is 1.60. The van der Waals surface area contributed by atoms with Crippen LogP contribution in [0, 0.1) is 13.8 Å². The van der Waals surface area contributed by atoms with Gasteiger partial charge in [-0.1, -0.05) is 12.1 Å². The van der Waals surface area contributed by atoms with Crippen LogP contribution in [0.5, 0.6) is 11.5 Å². The molecule has 0 aliphatic rings. The van der Waals surface area contributed by atoms with Crippen LogP contribution in [0.1, 0.15) is 28.7 Å². The van der Waals surface area contributed by atoms with Gasteiger partial charge in [0.1, 0.15) is 17.1 Å². The van der Waals surface area contributed by atoms with Crippen molar-refractivity contribution in [2.75, 3.05) is 7.11 Å². The summed E-state index contributed by atoms with van der Waals surface area (Å²) in [5, 5.41) is 13.4. The van der Waals surface area contributed by atoms with E-state index >= 15 is 0 Å². The first-order valence-corrected chi connectivity index (χ1v) is 9.05. The minimum absolute atomic E-state index is 0.0840. The summed E-state index contributed by atoms with van der Waals surface area (Å²) in [4.78, 5) is 24.6. The third-order valence-corrected chi connectivity index (χ3v) is 4.93. The van der Waals surface area contributed by atoms with E-state index in [0.717, 1.165) is 22.3 Å². The Hall–Kier alpha value is -3.28. The highest BCUT2D eigenvalue weighted by Gasteiger charge is 2.15. The Bertz CT molecular complexity index is 1070. The molecule has 0 radical (unpaired) electrons. The van der Waals surface area contributed by atoms with E-state index in [1.165, 1.54) is 0 Å². The van der Waals surface area contributed by atoms with Crippen LogP contribution < -0.4 is 15.7 Å². The van der Waals surface area contributed by atoms with E-state index in [-0.39, 0.29) is 18.1 Å². The summed E-state index contributed by atoms with van der Waals surface area (Å²) < 4.78 is 10.5. The second-order valence-corrected chi connectivity index (χ2v) is 6.70. The molecule has 6 nitrogen and oxygen atoms in total. The van der Waals surface area contributed by atoms with Crippen LogP contribution in [0.3, 0.4) is 0 Å². The second-order valence-electron chi connectivity index (χ2n) is 6.70. The number of amides is 1. The van der Waals surface area contributed by atoms with Gasteiger partial charge in [0.05, 0.1) is 7.11 Å². The number of carbonyl (C=O) groups excluding carboxylic acids is 1. The number of aryl methyl sites for hydroxylation is 2. The number of hydrogen-bond donors (Lipinski definition) is 2. The number of fused-ring (bicyclic) bond motifs is 1. The summed E-state index contributed by atoms with van der Waals surface area (Å²) in [5.74, 6) is 0.703. The van der Waals surface area contributed by atoms with E-state index < -0.39 is 5.63 Å². The quantitative estimate of drug-likeness (QED) is 0.639. The van der Waals surface area contributed by atoms with E-state index in [0.29, 0.717) is 29.7 Å². The molecule has 3 rings (SSSR count). The maximum absolute atomic E-state index is 12.4. The second kappa shape index (κ2) is 8.17. The summed E-state index contributed by atoms with van der Waals surface area (Å²) in [6.07, 6.45) is 0.475. The van der Waals surface area contributed by atoms with Crippen molar-refractivity contribution in [2.24, 2.45) is 0 Å². The summed E-state index contributed by atoms with van der Waals surface area (Å²) in [5.41, 5.74) is 2.67. The number of rotatable bonds is 6. The van der Waals surface area contributed by atoms with Crippen molar-refractivity contribution in [3.8, 4) is 11.5 Å². The standard InChI is InChI=1S/C22H23NO5/c1-13-17-8-10-19(24)14(2)21(17)28-22(26)18(13)9-11-20(25)23-12-15-4-6-16(27-3)7-5-15/h4-8,10,24H,9,11-12H2,1-3H3,(H,23,25). The molecule has 2 aromatic carbocycles. The molecule has 146 valence electrons. The van der Waals surface area contributed by atoms with Crippen LogP contribution >= 0.6 is 0 Å². The summed E-state index contributed by atoms with van der Waals surface area (Å²) in [6.45, 7) is 3.94. The molecule has 0 aliphatic heterocycles. The zero-order valence-electron chi connectivity index (χ0n) is 16.2. The fourth-order valence-corrected chi connectivity index (χ4v) is 3.14. The van der Waals surface area contributed by atoms with Crippen molar-refractivity contribution in [2.45, 2.75) is 33.2 Å². The lowest BCUT2D eigenvalue weighted by Gasteiger charge is -2.10. The van der Waals surface area contributed by atoms with Gasteiger partial charge >= 0.3 is 5.63 Å². The van der Waals surface area contributed by atoms with Crippen molar-refractivity contribution in [1.82, 2.24) is 5.32 Å². The van der Waals surface area contributed by atoms with Crippen LogP contribution in [-0.4, -0.2) is 18.1 Å². The maximum Gasteiger partial charge on any atom is 0.339 e. The Morgan fingerprint density at radius 2 is 1.82 bits per heavy atom. The lowest BCUT2D eigenvalue weighted by molar-refractivity contribution is -0.121. The monoisotopic (exact) mass is 381 g/mol. The molecular weight excluding hydrogens is 358 g/mol. The highest BCUT2D eigenvalue weighted by Crippen LogP contribution is 2.28. The number of phenolic OH excluding ortho intramolecular Hbond substituents is 1. The van der Waals surface area contributed by atoms with Gasteiger partial charge in [0.15, 0.2) is 0 Å². The Morgan fingerprint density at radius 1 is 1.11 bits per heavy atom. The van der Waals surface area contributed by atoms with Crippen molar-refractivity contribution < 1.29 is 19.1 Å². The molecule has 0 unspecified atom stereocenters. The maximum atomic E-state index is 12.4. The molecule has 0 bridgehead atoms. The zero-order chi connectivity index (χ0) is 20.3. The lowest BCUT2D eigenvalue weighted by atomic mass is 10.0. The average molecular weight is 381 g/mol. The van der Waals surface area contributed by atoms with Crippen molar-refractivity contribution >= 4 is 16.9 Å². The fraction of sp³-hybridized carbons (Fsp3) is 0.273. The van der Waals surface area contributed by atoms with Crippen molar-refractivity contribution in [1.29, 1.82) is 0 Å². The molecule has 0 saturated carbocycles. The Labute approximate surface area is 162 Å². The predicted molar refractivity (Wildman–Crippen MR) is 107 cm³/mol. The number of hydrogen-bond acceptors (Lipinski definition) is 5. The van der Waals surface area contributed by atoms with E-state index in [1.807, 2.05) is 31.2 Å². The Kier molecular flexibility index (Phi) is 5.68. The van der Waals surface area contributed by atoms with Crippen LogP contribution in [0.4, 0.5) is 0 Å². The number of carbonyl (C=O) groups is 1. The molecule has 2 N–H and O–H groups in total. The van der Waals surface area contributed by atoms with Gasteiger partial charge < -0.3 is 19.6 Å². The molecule has 0 aliphatic carbocycles. The minimum atomic E-state index is -0.471. The smallest absolute Gasteiger partial charge is 0.339 e. The molecule has 0 spiro atoms. The minimum Gasteiger partial charge on any atom is -0.508 e. The van der Waals surface area contributed by atoms with Gasteiger partial charge in [0.2, 0.25) is 5.91 Å². The number of nitrogens with one attached hydrogen (secondary N) is 1. The summed E-state index contributed by atoms with van der Waals surface area (Å²) in [6, 6.07) is 10.8. The van der Waals surface area contributed by atoms with Gasteiger partial charge in [0.25, 0.3) is 0 Å². The van der Waals surface area contributed by atoms with Crippen LogP contribution in [-0.2, 0) is 17.8 Å². The Balaban J connectivity index is 1.68. The van der Waals surface area contributed by atoms with Gasteiger partial charge in [-0.25, -0.2) is 4.79 Å². The molecule has 1 amide bonds. The van der Waals surface area contributed by atoms with Gasteiger partial charge in [-0.05, 0) is 55.7 Å². The molecule has 1 heterocycles. The van der Waals surface area contributed by atoms with Crippen LogP contribution in [0.25, 0.3) is 11.0 Å². The third-order valence-electron chi connectivity index (χ3n) is 4.93. The zero-order valence-corrected chi connectivity index (χ0v) is 16.2. The molecule has 0 atom stereocenters. The van der Waals surface area contributed by atoms with Gasteiger partial charge in [-0.15, -0.1) is 0 Å². The fourth-order valence-electron chi connectivity index (χ4n) is 3.14. The molecule has 28 heavy (non-hydrogen) atoms. The third kappa shape index (κ3) is 4.01. The number of ether oxygens (including phenoxy) is 1.